The molecule has 0 fully saturated rings. The maximum Gasteiger partial charge on any atom is 0.251 e. The van der Waals surface area contributed by atoms with Crippen molar-refractivity contribution in [2.24, 2.45) is 0 Å². The summed E-state index contributed by atoms with van der Waals surface area (Å²) in [6.45, 7) is 2.36. The molecular formula is C13H13BrN2O2S. The second-order valence-electron chi connectivity index (χ2n) is 3.84. The van der Waals surface area contributed by atoms with E-state index in [0.717, 1.165) is 21.7 Å². The Balaban J connectivity index is 1.80. The van der Waals surface area contributed by atoms with E-state index < -0.39 is 0 Å². The van der Waals surface area contributed by atoms with Gasteiger partial charge in [0, 0.05) is 22.0 Å². The quantitative estimate of drug-likeness (QED) is 0.516. The molecule has 0 aliphatic rings. The number of hydrogen-bond acceptors (Lipinski definition) is 4. The molecule has 0 saturated heterocycles. The summed E-state index contributed by atoms with van der Waals surface area (Å²) in [5, 5.41) is 0.629. The minimum atomic E-state index is -0.121. The van der Waals surface area contributed by atoms with Gasteiger partial charge >= 0.3 is 0 Å². The Bertz CT molecular complexity index is 598. The number of rotatable bonds is 5. The number of aromatic nitrogens is 2. The van der Waals surface area contributed by atoms with Gasteiger partial charge < -0.3 is 9.72 Å². The van der Waals surface area contributed by atoms with E-state index in [0.29, 0.717) is 11.8 Å². The highest BCUT2D eigenvalue weighted by atomic mass is 79.9. The third kappa shape index (κ3) is 4.72. The van der Waals surface area contributed by atoms with Crippen LogP contribution < -0.4 is 10.3 Å². The fourth-order valence-electron chi connectivity index (χ4n) is 1.45. The highest BCUT2D eigenvalue weighted by Crippen LogP contribution is 2.17. The van der Waals surface area contributed by atoms with Crippen molar-refractivity contribution in [2.45, 2.75) is 12.1 Å². The van der Waals surface area contributed by atoms with Crippen LogP contribution in [0.4, 0.5) is 0 Å². The number of aryl methyl sites for hydroxylation is 1. The number of thioether (sulfide) groups is 1. The smallest absolute Gasteiger partial charge is 0.251 e. The van der Waals surface area contributed by atoms with Gasteiger partial charge in [-0.15, -0.1) is 0 Å². The summed E-state index contributed by atoms with van der Waals surface area (Å²) < 4.78 is 6.61. The average Bonchev–Trinajstić information content (AvgIpc) is 2.36. The van der Waals surface area contributed by atoms with Crippen LogP contribution in [0.15, 0.2) is 44.8 Å². The lowest BCUT2D eigenvalue weighted by molar-refractivity contribution is 0.344. The molecule has 1 aromatic heterocycles. The first-order valence-electron chi connectivity index (χ1n) is 5.72. The van der Waals surface area contributed by atoms with Crippen molar-refractivity contribution >= 4 is 27.7 Å². The first-order valence-corrected chi connectivity index (χ1v) is 7.50. The van der Waals surface area contributed by atoms with Crippen LogP contribution in [0.5, 0.6) is 5.75 Å². The highest BCUT2D eigenvalue weighted by Gasteiger charge is 2.00. The molecular weight excluding hydrogens is 328 g/mol. The van der Waals surface area contributed by atoms with Gasteiger partial charge in [-0.25, -0.2) is 4.98 Å². The number of nitrogens with zero attached hydrogens (tertiary/aromatic N) is 1. The Morgan fingerprint density at radius 2 is 2.11 bits per heavy atom. The van der Waals surface area contributed by atoms with Crippen molar-refractivity contribution in [1.29, 1.82) is 0 Å². The zero-order valence-corrected chi connectivity index (χ0v) is 12.8. The van der Waals surface area contributed by atoms with Gasteiger partial charge in [-0.05, 0) is 31.2 Å². The minimum absolute atomic E-state index is 0.121. The van der Waals surface area contributed by atoms with Crippen molar-refractivity contribution < 1.29 is 4.74 Å². The number of hydrogen-bond donors (Lipinski definition) is 1. The summed E-state index contributed by atoms with van der Waals surface area (Å²) in [6, 6.07) is 9.15. The van der Waals surface area contributed by atoms with Gasteiger partial charge in [0.05, 0.1) is 6.61 Å². The predicted molar refractivity (Wildman–Crippen MR) is 80.0 cm³/mol. The number of halogens is 1. The number of benzene rings is 1. The molecule has 2 rings (SSSR count). The third-order valence-corrected chi connectivity index (χ3v) is 3.62. The highest BCUT2D eigenvalue weighted by molar-refractivity contribution is 9.10. The van der Waals surface area contributed by atoms with Crippen LogP contribution in [-0.2, 0) is 0 Å². The van der Waals surface area contributed by atoms with Crippen LogP contribution in [-0.4, -0.2) is 22.3 Å². The Kier molecular flexibility index (Phi) is 5.04. The van der Waals surface area contributed by atoms with E-state index in [1.54, 1.807) is 6.92 Å². The maximum absolute atomic E-state index is 11.3. The minimum Gasteiger partial charge on any atom is -0.493 e. The first-order chi connectivity index (χ1) is 9.13. The fourth-order valence-corrected chi connectivity index (χ4v) is 2.45. The van der Waals surface area contributed by atoms with E-state index in [9.17, 15) is 4.79 Å². The van der Waals surface area contributed by atoms with Gasteiger partial charge in [0.25, 0.3) is 5.56 Å². The van der Waals surface area contributed by atoms with Gasteiger partial charge in [-0.1, -0.05) is 27.7 Å². The van der Waals surface area contributed by atoms with Gasteiger partial charge in [0.1, 0.15) is 5.75 Å². The Morgan fingerprint density at radius 3 is 2.79 bits per heavy atom. The lowest BCUT2D eigenvalue weighted by Crippen LogP contribution is -2.09. The van der Waals surface area contributed by atoms with Crippen LogP contribution >= 0.6 is 27.7 Å². The average molecular weight is 341 g/mol. The van der Waals surface area contributed by atoms with Crippen LogP contribution in [0.1, 0.15) is 5.69 Å². The van der Waals surface area contributed by atoms with E-state index in [1.165, 1.54) is 17.8 Å². The van der Waals surface area contributed by atoms with Gasteiger partial charge in [-0.3, -0.25) is 4.79 Å². The molecule has 0 radical (unpaired) electrons. The molecule has 4 nitrogen and oxygen atoms in total. The molecule has 0 bridgehead atoms. The van der Waals surface area contributed by atoms with Crippen molar-refractivity contribution in [2.75, 3.05) is 12.4 Å². The molecule has 0 spiro atoms. The van der Waals surface area contributed by atoms with Crippen LogP contribution in [0.2, 0.25) is 0 Å². The predicted octanol–water partition coefficient (Wildman–Crippen LogP) is 3.01. The lowest BCUT2D eigenvalue weighted by atomic mass is 10.3. The Labute approximate surface area is 123 Å². The maximum atomic E-state index is 11.3. The summed E-state index contributed by atoms with van der Waals surface area (Å²) in [6.07, 6.45) is 0. The second kappa shape index (κ2) is 6.77. The number of ether oxygens (including phenoxy) is 1. The molecule has 1 N–H and O–H groups in total. The molecule has 0 aliphatic carbocycles. The monoisotopic (exact) mass is 340 g/mol. The van der Waals surface area contributed by atoms with E-state index in [-0.39, 0.29) is 5.56 Å². The van der Waals surface area contributed by atoms with Gasteiger partial charge in [-0.2, -0.15) is 0 Å². The molecule has 0 saturated carbocycles. The van der Waals surface area contributed by atoms with Crippen molar-refractivity contribution in [1.82, 2.24) is 9.97 Å². The summed E-state index contributed by atoms with van der Waals surface area (Å²) in [7, 11) is 0. The molecule has 19 heavy (non-hydrogen) atoms. The Morgan fingerprint density at radius 1 is 1.37 bits per heavy atom. The molecule has 0 amide bonds. The SMILES string of the molecule is Cc1cc(=O)[nH]c(SCCOc2ccc(Br)cc2)n1. The van der Waals surface area contributed by atoms with Crippen molar-refractivity contribution in [3.63, 3.8) is 0 Å². The summed E-state index contributed by atoms with van der Waals surface area (Å²) in [4.78, 5) is 18.2. The van der Waals surface area contributed by atoms with Gasteiger partial charge in [0.15, 0.2) is 5.16 Å². The van der Waals surface area contributed by atoms with E-state index in [1.807, 2.05) is 24.3 Å². The van der Waals surface area contributed by atoms with E-state index in [4.69, 9.17) is 4.74 Å². The summed E-state index contributed by atoms with van der Waals surface area (Å²) >= 11 is 4.84. The molecule has 0 unspecified atom stereocenters. The van der Waals surface area contributed by atoms with E-state index >= 15 is 0 Å². The van der Waals surface area contributed by atoms with Crippen molar-refractivity contribution in [3.8, 4) is 5.75 Å². The molecule has 1 heterocycles. The standard InChI is InChI=1S/C13H13BrN2O2S/c1-9-8-12(17)16-13(15-9)19-7-6-18-11-4-2-10(14)3-5-11/h2-5,8H,6-7H2,1H3,(H,15,16,17). The zero-order valence-electron chi connectivity index (χ0n) is 10.4. The third-order valence-electron chi connectivity index (χ3n) is 2.25. The molecule has 100 valence electrons. The largest absolute Gasteiger partial charge is 0.493 e. The molecule has 1 aromatic carbocycles. The van der Waals surface area contributed by atoms with Crippen LogP contribution in [0, 0.1) is 6.92 Å². The van der Waals surface area contributed by atoms with Crippen molar-refractivity contribution in [3.05, 3.63) is 50.9 Å². The van der Waals surface area contributed by atoms with Crippen LogP contribution in [0.25, 0.3) is 0 Å². The van der Waals surface area contributed by atoms with Gasteiger partial charge in [0.2, 0.25) is 0 Å². The summed E-state index contributed by atoms with van der Waals surface area (Å²) in [5.74, 6) is 1.55. The molecule has 2 aromatic rings. The molecule has 0 aliphatic heterocycles. The molecule has 0 atom stereocenters. The van der Waals surface area contributed by atoms with Crippen LogP contribution in [0.3, 0.4) is 0 Å². The molecule has 6 heteroatoms. The lowest BCUT2D eigenvalue weighted by Gasteiger charge is -2.05. The summed E-state index contributed by atoms with van der Waals surface area (Å²) in [5.41, 5.74) is 0.601. The number of H-pyrrole nitrogens is 1. The second-order valence-corrected chi connectivity index (χ2v) is 5.84. The fraction of sp³-hybridized carbons (Fsp3) is 0.231. The van der Waals surface area contributed by atoms with E-state index in [2.05, 4.69) is 25.9 Å². The normalized spacial score (nSPS) is 10.4. The topological polar surface area (TPSA) is 55.0 Å². The number of nitrogens with one attached hydrogen (secondary N) is 1. The Hall–Kier alpha value is -1.27. The first kappa shape index (κ1) is 14.1. The zero-order chi connectivity index (χ0) is 13.7. The number of aromatic amines is 1.